The molecule has 120 valence electrons. The van der Waals surface area contributed by atoms with Crippen molar-refractivity contribution in [3.8, 4) is 0 Å². The smallest absolute Gasteiger partial charge is 0.244 e. The van der Waals surface area contributed by atoms with Crippen LogP contribution in [0.1, 0.15) is 32.3 Å². The Bertz CT molecular complexity index is 577. The first kappa shape index (κ1) is 18.7. The van der Waals surface area contributed by atoms with Crippen molar-refractivity contribution < 1.29 is 8.42 Å². The fraction of sp³-hybridized carbons (Fsp3) is 0.571. The Morgan fingerprint density at radius 1 is 1.19 bits per heavy atom. The lowest BCUT2D eigenvalue weighted by atomic mass is 10.2. The van der Waals surface area contributed by atoms with Gasteiger partial charge in [-0.25, -0.2) is 12.7 Å². The molecule has 21 heavy (non-hydrogen) atoms. The van der Waals surface area contributed by atoms with Gasteiger partial charge >= 0.3 is 0 Å². The fourth-order valence-corrected chi connectivity index (χ4v) is 4.08. The van der Waals surface area contributed by atoms with E-state index in [2.05, 4.69) is 12.2 Å². The lowest BCUT2D eigenvalue weighted by Gasteiger charge is -2.19. The highest BCUT2D eigenvalue weighted by molar-refractivity contribution is 7.89. The van der Waals surface area contributed by atoms with Gasteiger partial charge in [-0.15, -0.1) is 0 Å². The van der Waals surface area contributed by atoms with Crippen LogP contribution in [0, 0.1) is 0 Å². The molecular weight excluding hydrogens is 331 g/mol. The number of rotatable bonds is 8. The molecule has 4 nitrogen and oxygen atoms in total. The van der Waals surface area contributed by atoms with Crippen molar-refractivity contribution in [1.82, 2.24) is 9.62 Å². The topological polar surface area (TPSA) is 49.4 Å². The van der Waals surface area contributed by atoms with E-state index in [0.29, 0.717) is 23.7 Å². The SMILES string of the molecule is CCCNCc1c(Cl)ccc(S(=O)(=O)N(C)CCC)c1Cl. The standard InChI is InChI=1S/C14H22Cl2N2O2S/c1-4-8-17-10-11-12(15)6-7-13(14(11)16)21(19,20)18(3)9-5-2/h6-7,17H,4-5,8-10H2,1-3H3. The number of nitrogens with zero attached hydrogens (tertiary/aromatic N) is 1. The van der Waals surface area contributed by atoms with E-state index in [4.69, 9.17) is 23.2 Å². The van der Waals surface area contributed by atoms with Crippen molar-refractivity contribution in [2.45, 2.75) is 38.1 Å². The maximum Gasteiger partial charge on any atom is 0.244 e. The lowest BCUT2D eigenvalue weighted by Crippen LogP contribution is -2.28. The monoisotopic (exact) mass is 352 g/mol. The minimum Gasteiger partial charge on any atom is -0.313 e. The van der Waals surface area contributed by atoms with E-state index < -0.39 is 10.0 Å². The minimum absolute atomic E-state index is 0.109. The van der Waals surface area contributed by atoms with Crippen LogP contribution in [0.3, 0.4) is 0 Å². The van der Waals surface area contributed by atoms with Gasteiger partial charge in [-0.05, 0) is 31.5 Å². The van der Waals surface area contributed by atoms with Crippen LogP contribution in [0.2, 0.25) is 10.0 Å². The van der Waals surface area contributed by atoms with Gasteiger partial charge in [0.05, 0.1) is 5.02 Å². The molecule has 0 fully saturated rings. The molecule has 0 aromatic heterocycles. The molecule has 1 aromatic carbocycles. The summed E-state index contributed by atoms with van der Waals surface area (Å²) in [6.07, 6.45) is 1.72. The first-order valence-electron chi connectivity index (χ1n) is 7.00. The van der Waals surface area contributed by atoms with Gasteiger partial charge in [-0.1, -0.05) is 37.0 Å². The Balaban J connectivity index is 3.17. The van der Waals surface area contributed by atoms with Crippen molar-refractivity contribution in [2.75, 3.05) is 20.1 Å². The normalized spacial score (nSPS) is 12.1. The second kappa shape index (κ2) is 8.34. The van der Waals surface area contributed by atoms with Crippen LogP contribution in [0.25, 0.3) is 0 Å². The summed E-state index contributed by atoms with van der Waals surface area (Å²) in [5, 5.41) is 3.86. The third kappa shape index (κ3) is 4.57. The Labute approximate surface area is 137 Å². The molecule has 0 amide bonds. The number of hydrogen-bond donors (Lipinski definition) is 1. The molecule has 1 rings (SSSR count). The van der Waals surface area contributed by atoms with Crippen LogP contribution in [-0.2, 0) is 16.6 Å². The van der Waals surface area contributed by atoms with Crippen molar-refractivity contribution >= 4 is 33.2 Å². The first-order chi connectivity index (χ1) is 9.86. The summed E-state index contributed by atoms with van der Waals surface area (Å²) in [7, 11) is -2.03. The largest absolute Gasteiger partial charge is 0.313 e. The number of nitrogens with one attached hydrogen (secondary N) is 1. The van der Waals surface area contributed by atoms with Crippen LogP contribution in [0.4, 0.5) is 0 Å². The summed E-state index contributed by atoms with van der Waals surface area (Å²) in [4.78, 5) is 0.109. The Morgan fingerprint density at radius 2 is 1.86 bits per heavy atom. The van der Waals surface area contributed by atoms with Crippen molar-refractivity contribution in [3.63, 3.8) is 0 Å². The van der Waals surface area contributed by atoms with Crippen molar-refractivity contribution in [2.24, 2.45) is 0 Å². The molecule has 0 saturated carbocycles. The van der Waals surface area contributed by atoms with Gasteiger partial charge < -0.3 is 5.32 Å². The maximum atomic E-state index is 12.5. The highest BCUT2D eigenvalue weighted by Gasteiger charge is 2.25. The second-order valence-electron chi connectivity index (χ2n) is 4.84. The van der Waals surface area contributed by atoms with Gasteiger partial charge in [-0.2, -0.15) is 0 Å². The zero-order valence-corrected chi connectivity index (χ0v) is 14.9. The van der Waals surface area contributed by atoms with Gasteiger partial charge in [-0.3, -0.25) is 0 Å². The molecule has 1 N–H and O–H groups in total. The summed E-state index contributed by atoms with van der Waals surface area (Å²) in [5.74, 6) is 0. The molecular formula is C14H22Cl2N2O2S. The first-order valence-corrected chi connectivity index (χ1v) is 9.19. The third-order valence-corrected chi connectivity index (χ3v) is 5.90. The number of halogens is 2. The molecule has 0 aliphatic heterocycles. The van der Waals surface area contributed by atoms with Gasteiger partial charge in [0, 0.05) is 30.7 Å². The number of hydrogen-bond acceptors (Lipinski definition) is 3. The van der Waals surface area contributed by atoms with Crippen LogP contribution in [0.5, 0.6) is 0 Å². The predicted octanol–water partition coefficient (Wildman–Crippen LogP) is 3.52. The Morgan fingerprint density at radius 3 is 2.43 bits per heavy atom. The molecule has 7 heteroatoms. The minimum atomic E-state index is -3.59. The van der Waals surface area contributed by atoms with Gasteiger partial charge in [0.25, 0.3) is 0 Å². The number of benzene rings is 1. The van der Waals surface area contributed by atoms with E-state index in [0.717, 1.165) is 19.4 Å². The molecule has 1 aromatic rings. The van der Waals surface area contributed by atoms with E-state index in [-0.39, 0.29) is 9.92 Å². The Kier molecular flexibility index (Phi) is 7.44. The van der Waals surface area contributed by atoms with E-state index in [9.17, 15) is 8.42 Å². The van der Waals surface area contributed by atoms with Gasteiger partial charge in [0.1, 0.15) is 4.90 Å². The molecule has 0 unspecified atom stereocenters. The van der Waals surface area contributed by atoms with E-state index in [1.807, 2.05) is 6.92 Å². The summed E-state index contributed by atoms with van der Waals surface area (Å²) >= 11 is 12.4. The highest BCUT2D eigenvalue weighted by atomic mass is 35.5. The molecule has 0 heterocycles. The van der Waals surface area contributed by atoms with Crippen molar-refractivity contribution in [1.29, 1.82) is 0 Å². The van der Waals surface area contributed by atoms with E-state index in [1.165, 1.54) is 10.4 Å². The summed E-state index contributed by atoms with van der Waals surface area (Å²) in [6, 6.07) is 3.05. The molecule has 0 spiro atoms. The van der Waals surface area contributed by atoms with Gasteiger partial charge in [0.2, 0.25) is 10.0 Å². The maximum absolute atomic E-state index is 12.5. The average Bonchev–Trinajstić information content (AvgIpc) is 2.42. The molecule has 0 bridgehead atoms. The lowest BCUT2D eigenvalue weighted by molar-refractivity contribution is 0.468. The summed E-state index contributed by atoms with van der Waals surface area (Å²) < 4.78 is 26.3. The van der Waals surface area contributed by atoms with Crippen LogP contribution >= 0.6 is 23.2 Å². The molecule has 0 saturated heterocycles. The average molecular weight is 353 g/mol. The van der Waals surface area contributed by atoms with Crippen LogP contribution in [-0.4, -0.2) is 32.9 Å². The van der Waals surface area contributed by atoms with Crippen molar-refractivity contribution in [3.05, 3.63) is 27.7 Å². The zero-order valence-electron chi connectivity index (χ0n) is 12.6. The molecule has 0 atom stereocenters. The van der Waals surface area contributed by atoms with E-state index in [1.54, 1.807) is 13.1 Å². The Hall–Kier alpha value is -0.330. The third-order valence-electron chi connectivity index (χ3n) is 3.11. The zero-order chi connectivity index (χ0) is 16.0. The molecule has 0 aliphatic rings. The summed E-state index contributed by atoms with van der Waals surface area (Å²) in [6.45, 7) is 5.70. The molecule has 0 aliphatic carbocycles. The van der Waals surface area contributed by atoms with E-state index >= 15 is 0 Å². The summed E-state index contributed by atoms with van der Waals surface area (Å²) in [5.41, 5.74) is 0.623. The highest BCUT2D eigenvalue weighted by Crippen LogP contribution is 2.32. The van der Waals surface area contributed by atoms with Crippen LogP contribution < -0.4 is 5.32 Å². The quantitative estimate of drug-likeness (QED) is 0.728. The second-order valence-corrected chi connectivity index (χ2v) is 7.64. The number of sulfonamides is 1. The van der Waals surface area contributed by atoms with Crippen LogP contribution in [0.15, 0.2) is 17.0 Å². The predicted molar refractivity (Wildman–Crippen MR) is 88.6 cm³/mol. The molecule has 0 radical (unpaired) electrons. The van der Waals surface area contributed by atoms with Gasteiger partial charge in [0.15, 0.2) is 0 Å². The fourth-order valence-electron chi connectivity index (χ4n) is 1.93.